The van der Waals surface area contributed by atoms with Crippen molar-refractivity contribution >= 4 is 62.9 Å². The summed E-state index contributed by atoms with van der Waals surface area (Å²) >= 11 is 3.11. The summed E-state index contributed by atoms with van der Waals surface area (Å²) in [5.74, 6) is 3.20. The zero-order valence-electron chi connectivity index (χ0n) is 36.0. The second kappa shape index (κ2) is 19.8. The number of hydrogen-bond acceptors (Lipinski definition) is 12. The van der Waals surface area contributed by atoms with E-state index in [-0.39, 0.29) is 9.79 Å². The van der Waals surface area contributed by atoms with Crippen LogP contribution in [0.3, 0.4) is 0 Å². The number of nitrogens with one attached hydrogen (secondary N) is 2. The van der Waals surface area contributed by atoms with Crippen LogP contribution in [0.15, 0.2) is 155 Å². The highest BCUT2D eigenvalue weighted by atomic mass is 32.2. The lowest BCUT2D eigenvalue weighted by atomic mass is 10.0. The van der Waals surface area contributed by atoms with Crippen molar-refractivity contribution in [3.8, 4) is 34.5 Å². The molecule has 2 aromatic heterocycles. The van der Waals surface area contributed by atoms with E-state index in [0.29, 0.717) is 60.9 Å². The van der Waals surface area contributed by atoms with Gasteiger partial charge in [0.2, 0.25) is 20.0 Å². The number of rotatable bonds is 12. The summed E-state index contributed by atoms with van der Waals surface area (Å²) in [7, 11) is -4.63. The molecule has 340 valence electrons. The Labute approximate surface area is 391 Å². The van der Waals surface area contributed by atoms with Crippen LogP contribution >= 0.6 is 22.7 Å². The Balaban J connectivity index is 0.000000166. The number of fused-ring (bicyclic) bond motifs is 4. The van der Waals surface area contributed by atoms with Crippen LogP contribution in [0.5, 0.6) is 34.5 Å². The Morgan fingerprint density at radius 2 is 0.848 bits per heavy atom. The lowest BCUT2D eigenvalue weighted by Crippen LogP contribution is -2.29. The molecular formula is C50H46N2O10S4. The minimum atomic E-state index is -3.90. The van der Waals surface area contributed by atoms with Crippen LogP contribution < -0.4 is 37.9 Å². The van der Waals surface area contributed by atoms with E-state index < -0.39 is 32.1 Å². The summed E-state index contributed by atoms with van der Waals surface area (Å²) in [6, 6.07) is 43.1. The molecular weight excluding hydrogens is 917 g/mol. The van der Waals surface area contributed by atoms with Crippen molar-refractivity contribution in [2.75, 3.05) is 40.6 Å². The summed E-state index contributed by atoms with van der Waals surface area (Å²) in [6.45, 7) is 2.05. The minimum Gasteiger partial charge on any atom is -0.496 e. The third kappa shape index (κ3) is 9.84. The molecule has 10 rings (SSSR count). The first-order chi connectivity index (χ1) is 32.1. The van der Waals surface area contributed by atoms with Crippen molar-refractivity contribution < 1.29 is 45.3 Å². The monoisotopic (exact) mass is 962 g/mol. The lowest BCUT2D eigenvalue weighted by Gasteiger charge is -2.21. The molecule has 12 nitrogen and oxygen atoms in total. The van der Waals surface area contributed by atoms with E-state index in [1.54, 1.807) is 61.2 Å². The highest BCUT2D eigenvalue weighted by molar-refractivity contribution is 7.89. The van der Waals surface area contributed by atoms with Gasteiger partial charge in [0, 0.05) is 55.3 Å². The van der Waals surface area contributed by atoms with Gasteiger partial charge in [0.25, 0.3) is 0 Å². The third-order valence-electron chi connectivity index (χ3n) is 11.0. The number of ether oxygens (including phenoxy) is 6. The van der Waals surface area contributed by atoms with Crippen LogP contribution in [-0.2, 0) is 20.0 Å². The Bertz CT molecular complexity index is 2940. The van der Waals surface area contributed by atoms with E-state index in [1.807, 2.05) is 109 Å². The zero-order valence-corrected chi connectivity index (χ0v) is 39.2. The normalized spacial score (nSPS) is 14.6. The average molecular weight is 963 g/mol. The smallest absolute Gasteiger partial charge is 0.241 e. The quantitative estimate of drug-likeness (QED) is 0.121. The SMILES string of the molecule is COc1ccccc1C(NS(=O)(=O)c1ccc2c(c1)OCCCO2)c1cc2ccccc2s1.COc1ccccc1C(NS(=O)(=O)c1ccc2c(c1)OCCCO2)c1cc2ccccc2s1. The number of sulfonamides is 2. The Morgan fingerprint density at radius 1 is 0.470 bits per heavy atom. The Hall–Kier alpha value is -6.14. The molecule has 8 aromatic rings. The highest BCUT2D eigenvalue weighted by Crippen LogP contribution is 2.41. The molecule has 0 saturated heterocycles. The maximum Gasteiger partial charge on any atom is 0.241 e. The molecule has 66 heavy (non-hydrogen) atoms. The van der Waals surface area contributed by atoms with E-state index in [1.165, 1.54) is 12.1 Å². The summed E-state index contributed by atoms with van der Waals surface area (Å²) < 4.78 is 95.9. The zero-order chi connectivity index (χ0) is 45.7. The third-order valence-corrected chi connectivity index (χ3v) is 16.2. The minimum absolute atomic E-state index is 0.118. The first kappa shape index (κ1) is 45.0. The maximum absolute atomic E-state index is 13.5. The van der Waals surface area contributed by atoms with Crippen molar-refractivity contribution in [3.63, 3.8) is 0 Å². The Kier molecular flexibility index (Phi) is 13.5. The first-order valence-electron chi connectivity index (χ1n) is 21.2. The second-order valence-corrected chi connectivity index (χ2v) is 20.9. The van der Waals surface area contributed by atoms with Crippen LogP contribution in [0.4, 0.5) is 0 Å². The summed E-state index contributed by atoms with van der Waals surface area (Å²) in [6.07, 6.45) is 1.49. The molecule has 2 unspecified atom stereocenters. The van der Waals surface area contributed by atoms with Crippen LogP contribution in [-0.4, -0.2) is 57.5 Å². The lowest BCUT2D eigenvalue weighted by molar-refractivity contribution is 0.296. The van der Waals surface area contributed by atoms with Gasteiger partial charge in [0.05, 0.1) is 62.5 Å². The molecule has 0 spiro atoms. The maximum atomic E-state index is 13.5. The molecule has 4 heterocycles. The van der Waals surface area contributed by atoms with Crippen molar-refractivity contribution in [1.29, 1.82) is 0 Å². The fourth-order valence-corrected chi connectivity index (χ4v) is 12.6. The molecule has 2 aliphatic heterocycles. The number of benzene rings is 6. The van der Waals surface area contributed by atoms with Gasteiger partial charge < -0.3 is 28.4 Å². The van der Waals surface area contributed by atoms with Gasteiger partial charge in [0.1, 0.15) is 11.5 Å². The van der Waals surface area contributed by atoms with Crippen molar-refractivity contribution in [1.82, 2.24) is 9.44 Å². The van der Waals surface area contributed by atoms with E-state index in [9.17, 15) is 16.8 Å². The van der Waals surface area contributed by atoms with E-state index >= 15 is 0 Å². The number of thiophene rings is 2. The predicted molar refractivity (Wildman–Crippen MR) is 258 cm³/mol. The number of para-hydroxylation sites is 2. The molecule has 0 radical (unpaired) electrons. The summed E-state index contributed by atoms with van der Waals surface area (Å²) in [4.78, 5) is 1.98. The summed E-state index contributed by atoms with van der Waals surface area (Å²) in [5.41, 5.74) is 1.48. The van der Waals surface area contributed by atoms with E-state index in [0.717, 1.165) is 53.9 Å². The van der Waals surface area contributed by atoms with Crippen LogP contribution in [0.2, 0.25) is 0 Å². The molecule has 2 N–H and O–H groups in total. The largest absolute Gasteiger partial charge is 0.496 e. The van der Waals surface area contributed by atoms with Gasteiger partial charge in [-0.15, -0.1) is 22.7 Å². The molecule has 6 aromatic carbocycles. The second-order valence-electron chi connectivity index (χ2n) is 15.3. The van der Waals surface area contributed by atoms with Crippen molar-refractivity contribution in [3.05, 3.63) is 166 Å². The van der Waals surface area contributed by atoms with Gasteiger partial charge in [0.15, 0.2) is 23.0 Å². The van der Waals surface area contributed by atoms with Crippen molar-refractivity contribution in [2.24, 2.45) is 0 Å². The van der Waals surface area contributed by atoms with Gasteiger partial charge in [-0.3, -0.25) is 0 Å². The van der Waals surface area contributed by atoms with Gasteiger partial charge >= 0.3 is 0 Å². The van der Waals surface area contributed by atoms with Gasteiger partial charge in [-0.25, -0.2) is 16.8 Å². The van der Waals surface area contributed by atoms with Gasteiger partial charge in [-0.05, 0) is 71.4 Å². The summed E-state index contributed by atoms with van der Waals surface area (Å²) in [5, 5.41) is 2.12. The Morgan fingerprint density at radius 3 is 1.26 bits per heavy atom. The number of hydrogen-bond donors (Lipinski definition) is 2. The van der Waals surface area contributed by atoms with Crippen LogP contribution in [0.25, 0.3) is 20.2 Å². The average Bonchev–Trinajstić information content (AvgIpc) is 3.80. The van der Waals surface area contributed by atoms with Crippen LogP contribution in [0, 0.1) is 0 Å². The van der Waals surface area contributed by atoms with Crippen LogP contribution in [0.1, 0.15) is 45.8 Å². The standard InChI is InChI=1S/2C25H23NO5S2/c2*1-29-20-9-4-3-8-19(20)25(24-15-17-7-2-5-10-23(17)32-24)26-33(27,28)18-11-12-21-22(16-18)31-14-6-13-30-21/h2*2-5,7-12,15-16,25-26H,6,13-14H2,1H3. The topological polar surface area (TPSA) is 148 Å². The molecule has 0 aliphatic carbocycles. The molecule has 0 amide bonds. The first-order valence-corrected chi connectivity index (χ1v) is 25.8. The molecule has 0 fully saturated rings. The molecule has 0 saturated carbocycles. The van der Waals surface area contributed by atoms with Gasteiger partial charge in [-0.2, -0.15) is 9.44 Å². The number of methoxy groups -OCH3 is 2. The molecule has 2 atom stereocenters. The molecule has 16 heteroatoms. The van der Waals surface area contributed by atoms with Crippen molar-refractivity contribution in [2.45, 2.75) is 34.7 Å². The van der Waals surface area contributed by atoms with Gasteiger partial charge in [-0.1, -0.05) is 72.8 Å². The molecule has 0 bridgehead atoms. The fourth-order valence-electron chi connectivity index (χ4n) is 7.72. The fraction of sp³-hybridized carbons (Fsp3) is 0.200. The van der Waals surface area contributed by atoms with E-state index in [4.69, 9.17) is 28.4 Å². The highest BCUT2D eigenvalue weighted by Gasteiger charge is 2.30. The predicted octanol–water partition coefficient (Wildman–Crippen LogP) is 10.3. The molecule has 2 aliphatic rings. The van der Waals surface area contributed by atoms with E-state index in [2.05, 4.69) is 9.44 Å².